The minimum atomic E-state index is -0.673. The first kappa shape index (κ1) is 17.7. The molecule has 25 heavy (non-hydrogen) atoms. The van der Waals surface area contributed by atoms with Crippen LogP contribution in [0, 0.1) is 11.8 Å². The zero-order valence-corrected chi connectivity index (χ0v) is 14.2. The van der Waals surface area contributed by atoms with Gasteiger partial charge in [-0.15, -0.1) is 0 Å². The number of para-hydroxylation sites is 1. The monoisotopic (exact) mass is 347 g/mol. The normalized spacial score (nSPS) is 27.0. The van der Waals surface area contributed by atoms with Crippen molar-refractivity contribution in [1.82, 2.24) is 10.4 Å². The summed E-state index contributed by atoms with van der Waals surface area (Å²) in [6.07, 6.45) is 0.598. The molecule has 1 aromatic rings. The highest BCUT2D eigenvalue weighted by Crippen LogP contribution is 2.32. The third kappa shape index (κ3) is 3.93. The number of nitrogens with one attached hydrogen (secondary N) is 1. The van der Waals surface area contributed by atoms with Gasteiger partial charge in [-0.05, 0) is 31.4 Å². The van der Waals surface area contributed by atoms with Crippen molar-refractivity contribution in [3.05, 3.63) is 30.3 Å². The van der Waals surface area contributed by atoms with Crippen LogP contribution in [-0.2, 0) is 9.59 Å². The molecule has 2 fully saturated rings. The standard InChI is InChI=1S/C18H25N3O4/c22-14-6-7-15(16(12-14)17(23)19-25)18(24)21-10-8-20(9-11-21)13-4-2-1-3-5-13/h1-5,14-16,22,25H,6-12H2,(H,19,23). The van der Waals surface area contributed by atoms with E-state index in [9.17, 15) is 14.7 Å². The highest BCUT2D eigenvalue weighted by atomic mass is 16.5. The number of piperazine rings is 1. The van der Waals surface area contributed by atoms with E-state index in [1.165, 1.54) is 0 Å². The molecule has 1 saturated carbocycles. The maximum Gasteiger partial charge on any atom is 0.247 e. The van der Waals surface area contributed by atoms with Gasteiger partial charge in [0.2, 0.25) is 11.8 Å². The second-order valence-corrected chi connectivity index (χ2v) is 6.80. The van der Waals surface area contributed by atoms with E-state index in [1.807, 2.05) is 18.2 Å². The van der Waals surface area contributed by atoms with Crippen LogP contribution in [0.2, 0.25) is 0 Å². The number of rotatable bonds is 3. The SMILES string of the molecule is O=C(NO)C1CC(O)CCC1C(=O)N1CCN(c2ccccc2)CC1. The van der Waals surface area contributed by atoms with Gasteiger partial charge in [0.15, 0.2) is 0 Å². The van der Waals surface area contributed by atoms with Crippen molar-refractivity contribution >= 4 is 17.5 Å². The van der Waals surface area contributed by atoms with Gasteiger partial charge in [0.25, 0.3) is 0 Å². The Morgan fingerprint density at radius 1 is 1.00 bits per heavy atom. The quantitative estimate of drug-likeness (QED) is 0.550. The largest absolute Gasteiger partial charge is 0.393 e. The lowest BCUT2D eigenvalue weighted by Crippen LogP contribution is -2.53. The summed E-state index contributed by atoms with van der Waals surface area (Å²) in [5.41, 5.74) is 2.79. The van der Waals surface area contributed by atoms with E-state index in [2.05, 4.69) is 17.0 Å². The maximum atomic E-state index is 12.9. The van der Waals surface area contributed by atoms with Gasteiger partial charge in [-0.3, -0.25) is 14.8 Å². The van der Waals surface area contributed by atoms with Crippen molar-refractivity contribution in [3.8, 4) is 0 Å². The molecule has 0 bridgehead atoms. The number of carbonyl (C=O) groups excluding carboxylic acids is 2. The Morgan fingerprint density at radius 2 is 1.68 bits per heavy atom. The Balaban J connectivity index is 1.62. The Kier molecular flexibility index (Phi) is 5.55. The average molecular weight is 347 g/mol. The number of anilines is 1. The lowest BCUT2D eigenvalue weighted by molar-refractivity contribution is -0.149. The summed E-state index contributed by atoms with van der Waals surface area (Å²) in [7, 11) is 0. The van der Waals surface area contributed by atoms with Gasteiger partial charge in [0.05, 0.1) is 12.0 Å². The summed E-state index contributed by atoms with van der Waals surface area (Å²) < 4.78 is 0. The van der Waals surface area contributed by atoms with Crippen LogP contribution >= 0.6 is 0 Å². The van der Waals surface area contributed by atoms with Gasteiger partial charge in [-0.25, -0.2) is 5.48 Å². The van der Waals surface area contributed by atoms with Crippen molar-refractivity contribution in [3.63, 3.8) is 0 Å². The van der Waals surface area contributed by atoms with E-state index in [0.717, 1.165) is 18.8 Å². The van der Waals surface area contributed by atoms with E-state index in [4.69, 9.17) is 5.21 Å². The minimum absolute atomic E-state index is 0.0480. The number of hydrogen-bond donors (Lipinski definition) is 3. The summed E-state index contributed by atoms with van der Waals surface area (Å²) in [6.45, 7) is 2.73. The smallest absolute Gasteiger partial charge is 0.247 e. The summed E-state index contributed by atoms with van der Waals surface area (Å²) in [5, 5.41) is 18.7. The number of hydroxylamine groups is 1. The van der Waals surface area contributed by atoms with Crippen molar-refractivity contribution in [1.29, 1.82) is 0 Å². The minimum Gasteiger partial charge on any atom is -0.393 e. The van der Waals surface area contributed by atoms with Gasteiger partial charge in [-0.1, -0.05) is 18.2 Å². The molecule has 1 aliphatic carbocycles. The predicted molar refractivity (Wildman–Crippen MR) is 92.0 cm³/mol. The number of benzene rings is 1. The van der Waals surface area contributed by atoms with Crippen LogP contribution in [0.1, 0.15) is 19.3 Å². The molecule has 0 aromatic heterocycles. The van der Waals surface area contributed by atoms with Gasteiger partial charge in [0, 0.05) is 37.8 Å². The van der Waals surface area contributed by atoms with Gasteiger partial charge in [-0.2, -0.15) is 0 Å². The lowest BCUT2D eigenvalue weighted by atomic mass is 9.76. The molecule has 1 aromatic carbocycles. The molecule has 0 spiro atoms. The fourth-order valence-corrected chi connectivity index (χ4v) is 3.87. The van der Waals surface area contributed by atoms with E-state index in [0.29, 0.717) is 25.9 Å². The molecule has 1 saturated heterocycles. The molecule has 3 rings (SSSR count). The molecule has 2 aliphatic rings. The van der Waals surface area contributed by atoms with Crippen molar-refractivity contribution in [2.24, 2.45) is 11.8 Å². The van der Waals surface area contributed by atoms with E-state index in [1.54, 1.807) is 10.4 Å². The number of aliphatic hydroxyl groups is 1. The van der Waals surface area contributed by atoms with Crippen LogP contribution in [0.15, 0.2) is 30.3 Å². The molecule has 3 unspecified atom stereocenters. The first-order chi connectivity index (χ1) is 12.1. The summed E-state index contributed by atoms with van der Waals surface area (Å²) in [6, 6.07) is 10.1. The highest BCUT2D eigenvalue weighted by Gasteiger charge is 2.41. The molecule has 1 aliphatic heterocycles. The third-order valence-corrected chi connectivity index (χ3v) is 5.30. The average Bonchev–Trinajstić information content (AvgIpc) is 2.67. The number of amides is 2. The molecule has 2 amide bonds. The van der Waals surface area contributed by atoms with E-state index in [-0.39, 0.29) is 12.3 Å². The maximum absolute atomic E-state index is 12.9. The second-order valence-electron chi connectivity index (χ2n) is 6.80. The Labute approximate surface area is 147 Å². The fourth-order valence-electron chi connectivity index (χ4n) is 3.87. The Morgan fingerprint density at radius 3 is 2.32 bits per heavy atom. The molecule has 3 atom stereocenters. The lowest BCUT2D eigenvalue weighted by Gasteiger charge is -2.40. The molecule has 0 radical (unpaired) electrons. The van der Waals surface area contributed by atoms with Gasteiger partial charge in [0.1, 0.15) is 0 Å². The van der Waals surface area contributed by atoms with Crippen LogP contribution < -0.4 is 10.4 Å². The number of nitrogens with zero attached hydrogens (tertiary/aromatic N) is 2. The van der Waals surface area contributed by atoms with Crippen molar-refractivity contribution < 1.29 is 19.9 Å². The summed E-state index contributed by atoms with van der Waals surface area (Å²) >= 11 is 0. The van der Waals surface area contributed by atoms with Crippen LogP contribution in [0.5, 0.6) is 0 Å². The molecule has 7 nitrogen and oxygen atoms in total. The Bertz CT molecular complexity index is 602. The predicted octanol–water partition coefficient (Wildman–Crippen LogP) is 0.618. The topological polar surface area (TPSA) is 93.1 Å². The summed E-state index contributed by atoms with van der Waals surface area (Å²) in [5.74, 6) is -1.78. The number of carbonyl (C=O) groups is 2. The van der Waals surface area contributed by atoms with Crippen LogP contribution in [0.4, 0.5) is 5.69 Å². The first-order valence-electron chi connectivity index (χ1n) is 8.81. The zero-order valence-electron chi connectivity index (χ0n) is 14.2. The van der Waals surface area contributed by atoms with E-state index < -0.39 is 23.8 Å². The molecule has 7 heteroatoms. The second kappa shape index (κ2) is 7.84. The molecular weight excluding hydrogens is 322 g/mol. The van der Waals surface area contributed by atoms with Crippen molar-refractivity contribution in [2.45, 2.75) is 25.4 Å². The highest BCUT2D eigenvalue weighted by molar-refractivity contribution is 5.87. The van der Waals surface area contributed by atoms with Gasteiger partial charge >= 0.3 is 0 Å². The molecule has 136 valence electrons. The molecule has 3 N–H and O–H groups in total. The molecular formula is C18H25N3O4. The van der Waals surface area contributed by atoms with E-state index >= 15 is 0 Å². The number of hydrogen-bond acceptors (Lipinski definition) is 5. The Hall–Kier alpha value is -2.12. The van der Waals surface area contributed by atoms with Crippen LogP contribution in [0.3, 0.4) is 0 Å². The zero-order chi connectivity index (χ0) is 17.8. The van der Waals surface area contributed by atoms with Gasteiger partial charge < -0.3 is 14.9 Å². The summed E-state index contributed by atoms with van der Waals surface area (Å²) in [4.78, 5) is 28.8. The molecule has 1 heterocycles. The third-order valence-electron chi connectivity index (χ3n) is 5.30. The first-order valence-corrected chi connectivity index (χ1v) is 8.81. The fraction of sp³-hybridized carbons (Fsp3) is 0.556. The van der Waals surface area contributed by atoms with Crippen LogP contribution in [-0.4, -0.2) is 59.3 Å². The number of aliphatic hydroxyl groups excluding tert-OH is 1. The van der Waals surface area contributed by atoms with Crippen molar-refractivity contribution in [2.75, 3.05) is 31.1 Å². The van der Waals surface area contributed by atoms with Crippen LogP contribution in [0.25, 0.3) is 0 Å².